The molecule has 6 heteroatoms. The van der Waals surface area contributed by atoms with Crippen molar-refractivity contribution in [2.75, 3.05) is 20.0 Å². The van der Waals surface area contributed by atoms with Crippen molar-refractivity contribution in [3.63, 3.8) is 0 Å². The number of carbonyl (C=O) groups is 1. The van der Waals surface area contributed by atoms with Crippen LogP contribution in [0, 0.1) is 6.92 Å². The van der Waals surface area contributed by atoms with Gasteiger partial charge in [0, 0.05) is 5.69 Å². The van der Waals surface area contributed by atoms with Gasteiger partial charge in [-0.2, -0.15) is 0 Å². The van der Waals surface area contributed by atoms with Crippen molar-refractivity contribution < 1.29 is 14.3 Å². The molecule has 0 amide bonds. The lowest BCUT2D eigenvalue weighted by molar-refractivity contribution is 0.0597. The number of anilines is 1. The van der Waals surface area contributed by atoms with Crippen LogP contribution in [0.25, 0.3) is 5.69 Å². The molecule has 1 aromatic heterocycles. The Morgan fingerprint density at radius 2 is 2.11 bits per heavy atom. The molecule has 0 aliphatic rings. The zero-order valence-electron chi connectivity index (χ0n) is 11.0. The van der Waals surface area contributed by atoms with Crippen LogP contribution >= 0.6 is 0 Å². The van der Waals surface area contributed by atoms with E-state index in [1.165, 1.54) is 14.2 Å². The van der Waals surface area contributed by atoms with Crippen molar-refractivity contribution in [3.8, 4) is 11.4 Å². The minimum Gasteiger partial charge on any atom is -0.496 e. The molecule has 0 radical (unpaired) electrons. The van der Waals surface area contributed by atoms with Crippen LogP contribution in [-0.4, -0.2) is 29.7 Å². The summed E-state index contributed by atoms with van der Waals surface area (Å²) >= 11 is 0. The number of nitrogen functional groups attached to an aromatic ring is 1. The Bertz CT molecular complexity index is 620. The summed E-state index contributed by atoms with van der Waals surface area (Å²) in [4.78, 5) is 15.7. The fourth-order valence-electron chi connectivity index (χ4n) is 1.92. The number of benzene rings is 1. The molecule has 0 atom stereocenters. The molecule has 0 spiro atoms. The van der Waals surface area contributed by atoms with Crippen molar-refractivity contribution >= 4 is 11.8 Å². The first-order chi connectivity index (χ1) is 9.06. The lowest BCUT2D eigenvalue weighted by Gasteiger charge is -2.12. The van der Waals surface area contributed by atoms with Gasteiger partial charge in [0.2, 0.25) is 0 Å². The van der Waals surface area contributed by atoms with Gasteiger partial charge in [0.25, 0.3) is 0 Å². The third kappa shape index (κ3) is 2.37. The number of hydrogen-bond acceptors (Lipinski definition) is 5. The topological polar surface area (TPSA) is 79.4 Å². The van der Waals surface area contributed by atoms with Gasteiger partial charge in [0.05, 0.1) is 20.4 Å². The van der Waals surface area contributed by atoms with Crippen LogP contribution in [0.15, 0.2) is 24.7 Å². The van der Waals surface area contributed by atoms with Gasteiger partial charge < -0.3 is 19.8 Å². The van der Waals surface area contributed by atoms with E-state index in [1.807, 2.05) is 13.0 Å². The largest absolute Gasteiger partial charge is 0.496 e. The third-order valence-electron chi connectivity index (χ3n) is 2.77. The number of rotatable bonds is 3. The highest BCUT2D eigenvalue weighted by molar-refractivity contribution is 5.93. The number of nitrogens with zero attached hydrogens (tertiary/aromatic N) is 2. The fourth-order valence-corrected chi connectivity index (χ4v) is 1.92. The number of imidazole rings is 1. The maximum atomic E-state index is 11.8. The Kier molecular flexibility index (Phi) is 3.41. The van der Waals surface area contributed by atoms with Crippen molar-refractivity contribution in [2.24, 2.45) is 0 Å². The molecule has 0 unspecified atom stereocenters. The highest BCUT2D eigenvalue weighted by atomic mass is 16.5. The average molecular weight is 261 g/mol. The molecule has 1 aromatic carbocycles. The number of ether oxygens (including phenoxy) is 2. The number of carbonyl (C=O) groups excluding carboxylic acids is 1. The standard InChI is InChI=1S/C13H15N3O3/c1-8-4-9(16-6-11(14)15-7-16)5-10(12(8)18-2)13(17)19-3/h4-7H,14H2,1-3H3. The number of methoxy groups -OCH3 is 2. The molecule has 2 aromatic rings. The molecule has 0 saturated carbocycles. The maximum Gasteiger partial charge on any atom is 0.341 e. The Balaban J connectivity index is 2.59. The summed E-state index contributed by atoms with van der Waals surface area (Å²) in [6, 6.07) is 3.56. The highest BCUT2D eigenvalue weighted by Gasteiger charge is 2.17. The van der Waals surface area contributed by atoms with E-state index in [9.17, 15) is 4.79 Å². The van der Waals surface area contributed by atoms with Crippen molar-refractivity contribution in [1.29, 1.82) is 0 Å². The van der Waals surface area contributed by atoms with E-state index < -0.39 is 5.97 Å². The van der Waals surface area contributed by atoms with Gasteiger partial charge in [-0.1, -0.05) is 0 Å². The summed E-state index contributed by atoms with van der Waals surface area (Å²) in [5.41, 5.74) is 7.55. The first kappa shape index (κ1) is 12.9. The number of aromatic nitrogens is 2. The molecule has 2 rings (SSSR count). The summed E-state index contributed by atoms with van der Waals surface area (Å²) in [7, 11) is 2.85. The molecule has 6 nitrogen and oxygen atoms in total. The maximum absolute atomic E-state index is 11.8. The Labute approximate surface area is 110 Å². The van der Waals surface area contributed by atoms with Crippen LogP contribution in [0.4, 0.5) is 5.82 Å². The van der Waals surface area contributed by atoms with Gasteiger partial charge in [-0.3, -0.25) is 0 Å². The second-order valence-electron chi connectivity index (χ2n) is 4.04. The third-order valence-corrected chi connectivity index (χ3v) is 2.77. The van der Waals surface area contributed by atoms with Gasteiger partial charge in [-0.05, 0) is 24.6 Å². The highest BCUT2D eigenvalue weighted by Crippen LogP contribution is 2.27. The quantitative estimate of drug-likeness (QED) is 0.848. The zero-order chi connectivity index (χ0) is 14.0. The van der Waals surface area contributed by atoms with E-state index in [0.717, 1.165) is 11.3 Å². The lowest BCUT2D eigenvalue weighted by atomic mass is 10.1. The summed E-state index contributed by atoms with van der Waals surface area (Å²) in [6.07, 6.45) is 3.25. The number of esters is 1. The SMILES string of the molecule is COC(=O)c1cc(-n2cnc(N)c2)cc(C)c1OC. The molecule has 0 fully saturated rings. The molecule has 100 valence electrons. The summed E-state index contributed by atoms with van der Waals surface area (Å²) < 4.78 is 11.7. The molecule has 2 N–H and O–H groups in total. The van der Waals surface area contributed by atoms with Crippen molar-refractivity contribution in [2.45, 2.75) is 6.92 Å². The predicted molar refractivity (Wildman–Crippen MR) is 70.6 cm³/mol. The number of nitrogens with two attached hydrogens (primary N) is 1. The fraction of sp³-hybridized carbons (Fsp3) is 0.231. The van der Waals surface area contributed by atoms with Gasteiger partial charge in [0.15, 0.2) is 0 Å². The van der Waals surface area contributed by atoms with Crippen molar-refractivity contribution in [3.05, 3.63) is 35.8 Å². The molecular formula is C13H15N3O3. The van der Waals surface area contributed by atoms with Gasteiger partial charge in [0.1, 0.15) is 23.5 Å². The molecule has 0 saturated heterocycles. The smallest absolute Gasteiger partial charge is 0.341 e. The van der Waals surface area contributed by atoms with Gasteiger partial charge >= 0.3 is 5.97 Å². The minimum absolute atomic E-state index is 0.368. The average Bonchev–Trinajstić information content (AvgIpc) is 2.83. The summed E-state index contributed by atoms with van der Waals surface area (Å²) in [6.45, 7) is 1.86. The Morgan fingerprint density at radius 3 is 2.63 bits per heavy atom. The Hall–Kier alpha value is -2.50. The number of aryl methyl sites for hydroxylation is 1. The van der Waals surface area contributed by atoms with E-state index in [1.54, 1.807) is 23.2 Å². The zero-order valence-corrected chi connectivity index (χ0v) is 11.0. The molecule has 19 heavy (non-hydrogen) atoms. The van der Waals surface area contributed by atoms with Crippen molar-refractivity contribution in [1.82, 2.24) is 9.55 Å². The lowest BCUT2D eigenvalue weighted by Crippen LogP contribution is -2.07. The molecular weight excluding hydrogens is 246 g/mol. The molecule has 0 bridgehead atoms. The Morgan fingerprint density at radius 1 is 1.37 bits per heavy atom. The first-order valence-electron chi connectivity index (χ1n) is 5.63. The van der Waals surface area contributed by atoms with Crippen LogP contribution in [-0.2, 0) is 4.74 Å². The number of hydrogen-bond donors (Lipinski definition) is 1. The summed E-state index contributed by atoms with van der Waals surface area (Å²) in [5, 5.41) is 0. The van der Waals surface area contributed by atoms with Crippen LogP contribution in [0.1, 0.15) is 15.9 Å². The molecule has 0 aliphatic carbocycles. The van der Waals surface area contributed by atoms with E-state index in [2.05, 4.69) is 4.98 Å². The summed E-state index contributed by atoms with van der Waals surface area (Å²) in [5.74, 6) is 0.465. The van der Waals surface area contributed by atoms with Crippen LogP contribution < -0.4 is 10.5 Å². The predicted octanol–water partition coefficient (Wildman–Crippen LogP) is 1.56. The monoisotopic (exact) mass is 261 g/mol. The van der Waals surface area contributed by atoms with Gasteiger partial charge in [-0.25, -0.2) is 9.78 Å². The first-order valence-corrected chi connectivity index (χ1v) is 5.63. The van der Waals surface area contributed by atoms with Gasteiger partial charge in [-0.15, -0.1) is 0 Å². The van der Waals surface area contributed by atoms with Crippen LogP contribution in [0.2, 0.25) is 0 Å². The van der Waals surface area contributed by atoms with Crippen LogP contribution in [0.5, 0.6) is 5.75 Å². The molecule has 1 heterocycles. The normalized spacial score (nSPS) is 10.3. The minimum atomic E-state index is -0.449. The second kappa shape index (κ2) is 5.01. The second-order valence-corrected chi connectivity index (χ2v) is 4.04. The van der Waals surface area contributed by atoms with E-state index in [0.29, 0.717) is 17.1 Å². The molecule has 0 aliphatic heterocycles. The van der Waals surface area contributed by atoms with Crippen LogP contribution in [0.3, 0.4) is 0 Å². The van der Waals surface area contributed by atoms with E-state index in [-0.39, 0.29) is 0 Å². The van der Waals surface area contributed by atoms with E-state index in [4.69, 9.17) is 15.2 Å². The van der Waals surface area contributed by atoms with E-state index >= 15 is 0 Å².